The molecule has 27 heavy (non-hydrogen) atoms. The van der Waals surface area contributed by atoms with E-state index >= 15 is 0 Å². The average Bonchev–Trinajstić information content (AvgIpc) is 3.31. The highest BCUT2D eigenvalue weighted by molar-refractivity contribution is 6.19. The van der Waals surface area contributed by atoms with Crippen LogP contribution < -0.4 is 4.90 Å². The van der Waals surface area contributed by atoms with Crippen LogP contribution in [0.2, 0.25) is 0 Å². The van der Waals surface area contributed by atoms with Crippen molar-refractivity contribution >= 4 is 17.6 Å². The van der Waals surface area contributed by atoms with Gasteiger partial charge in [-0.3, -0.25) is 14.5 Å². The van der Waals surface area contributed by atoms with Crippen LogP contribution in [0.3, 0.4) is 0 Å². The number of rotatable bonds is 4. The second-order valence-electron chi connectivity index (χ2n) is 6.11. The van der Waals surface area contributed by atoms with Crippen LogP contribution in [0.1, 0.15) is 27.7 Å². The monoisotopic (exact) mass is 361 g/mol. The zero-order valence-electron chi connectivity index (χ0n) is 14.4. The standard InChI is InChI=1S/C20H15N3O4/c1-12-5-7-13(8-6-12)16-15(17(24)14-4-2-11-27-14)18(25)19(26)23(16)20-21-9-3-10-22-20/h2-11,16,25H,1H3/t16-/m1/s1. The Hall–Kier alpha value is -3.74. The highest BCUT2D eigenvalue weighted by Crippen LogP contribution is 2.40. The van der Waals surface area contributed by atoms with Gasteiger partial charge in [0.05, 0.1) is 17.9 Å². The van der Waals surface area contributed by atoms with Crippen LogP contribution >= 0.6 is 0 Å². The molecule has 2 aromatic heterocycles. The Bertz CT molecular complexity index is 1020. The van der Waals surface area contributed by atoms with Crippen molar-refractivity contribution in [3.05, 3.63) is 89.3 Å². The Kier molecular flexibility index (Phi) is 4.04. The lowest BCUT2D eigenvalue weighted by Gasteiger charge is -2.24. The van der Waals surface area contributed by atoms with E-state index in [-0.39, 0.29) is 17.3 Å². The van der Waals surface area contributed by atoms with E-state index in [2.05, 4.69) is 9.97 Å². The van der Waals surface area contributed by atoms with Crippen molar-refractivity contribution in [3.8, 4) is 0 Å². The maximum atomic E-state index is 13.0. The number of aliphatic hydroxyl groups is 1. The maximum absolute atomic E-state index is 13.0. The third-order valence-corrected chi connectivity index (χ3v) is 4.36. The summed E-state index contributed by atoms with van der Waals surface area (Å²) in [7, 11) is 0. The molecule has 7 heteroatoms. The molecular weight excluding hydrogens is 346 g/mol. The predicted octanol–water partition coefficient (Wildman–Crippen LogP) is 3.16. The van der Waals surface area contributed by atoms with Crippen molar-refractivity contribution in [2.24, 2.45) is 0 Å². The molecule has 1 aliphatic rings. The summed E-state index contributed by atoms with van der Waals surface area (Å²) in [4.78, 5) is 35.2. The summed E-state index contributed by atoms with van der Waals surface area (Å²) in [6, 6.07) is 11.2. The van der Waals surface area contributed by atoms with Crippen LogP contribution in [-0.2, 0) is 4.79 Å². The van der Waals surface area contributed by atoms with E-state index in [1.54, 1.807) is 24.3 Å². The minimum atomic E-state index is -0.863. The minimum absolute atomic E-state index is 0.0392. The van der Waals surface area contributed by atoms with Gasteiger partial charge < -0.3 is 9.52 Å². The number of anilines is 1. The number of Topliss-reactive ketones (excluding diaryl/α,β-unsaturated/α-hetero) is 1. The molecule has 7 nitrogen and oxygen atoms in total. The Balaban J connectivity index is 1.88. The summed E-state index contributed by atoms with van der Waals surface area (Å²) in [5, 5.41) is 10.5. The fourth-order valence-electron chi connectivity index (χ4n) is 3.06. The quantitative estimate of drug-likeness (QED) is 0.717. The van der Waals surface area contributed by atoms with Crippen molar-refractivity contribution < 1.29 is 19.1 Å². The molecule has 0 bridgehead atoms. The number of nitrogens with zero attached hydrogens (tertiary/aromatic N) is 3. The van der Waals surface area contributed by atoms with Crippen LogP contribution in [0.4, 0.5) is 5.95 Å². The van der Waals surface area contributed by atoms with Crippen LogP contribution in [0, 0.1) is 6.92 Å². The number of hydrogen-bond donors (Lipinski definition) is 1. The highest BCUT2D eigenvalue weighted by atomic mass is 16.3. The first kappa shape index (κ1) is 16.7. The number of carbonyl (C=O) groups excluding carboxylic acids is 2. The molecule has 134 valence electrons. The lowest BCUT2D eigenvalue weighted by Crippen LogP contribution is -2.32. The van der Waals surface area contributed by atoms with E-state index in [9.17, 15) is 14.7 Å². The van der Waals surface area contributed by atoms with Crippen molar-refractivity contribution in [1.82, 2.24) is 9.97 Å². The molecule has 0 aliphatic carbocycles. The molecule has 0 radical (unpaired) electrons. The van der Waals surface area contributed by atoms with Gasteiger partial charge in [0, 0.05) is 12.4 Å². The molecule has 1 atom stereocenters. The first-order chi connectivity index (χ1) is 13.1. The SMILES string of the molecule is Cc1ccc([C@@H]2C(C(=O)c3ccco3)=C(O)C(=O)N2c2ncccn2)cc1. The number of furan rings is 1. The molecular formula is C20H15N3O4. The van der Waals surface area contributed by atoms with Gasteiger partial charge >= 0.3 is 0 Å². The number of aryl methyl sites for hydroxylation is 1. The lowest BCUT2D eigenvalue weighted by atomic mass is 9.94. The van der Waals surface area contributed by atoms with E-state index < -0.39 is 23.5 Å². The molecule has 3 aromatic rings. The number of carbonyl (C=O) groups is 2. The lowest BCUT2D eigenvalue weighted by molar-refractivity contribution is -0.117. The number of amides is 1. The zero-order chi connectivity index (χ0) is 19.0. The fraction of sp³-hybridized carbons (Fsp3) is 0.100. The topological polar surface area (TPSA) is 96.5 Å². The van der Waals surface area contributed by atoms with Gasteiger partial charge in [-0.1, -0.05) is 29.8 Å². The number of aliphatic hydroxyl groups excluding tert-OH is 1. The zero-order valence-corrected chi connectivity index (χ0v) is 14.4. The third-order valence-electron chi connectivity index (χ3n) is 4.36. The first-order valence-electron chi connectivity index (χ1n) is 8.26. The third kappa shape index (κ3) is 2.79. The summed E-state index contributed by atoms with van der Waals surface area (Å²) in [6.07, 6.45) is 4.34. The average molecular weight is 361 g/mol. The number of benzene rings is 1. The molecule has 0 saturated heterocycles. The van der Waals surface area contributed by atoms with Crippen molar-refractivity contribution in [2.45, 2.75) is 13.0 Å². The van der Waals surface area contributed by atoms with Gasteiger partial charge in [0.15, 0.2) is 11.5 Å². The normalized spacial score (nSPS) is 16.9. The van der Waals surface area contributed by atoms with Crippen LogP contribution in [0.25, 0.3) is 0 Å². The fourth-order valence-corrected chi connectivity index (χ4v) is 3.06. The van der Waals surface area contributed by atoms with Crippen LogP contribution in [0.5, 0.6) is 0 Å². The van der Waals surface area contributed by atoms with Crippen LogP contribution in [-0.4, -0.2) is 26.8 Å². The van der Waals surface area contributed by atoms with E-state index in [1.165, 1.54) is 29.6 Å². The van der Waals surface area contributed by atoms with Gasteiger partial charge in [-0.2, -0.15) is 0 Å². The van der Waals surface area contributed by atoms with Crippen LogP contribution in [0.15, 0.2) is 76.9 Å². The van der Waals surface area contributed by atoms with Gasteiger partial charge in [0.2, 0.25) is 11.7 Å². The molecule has 1 aliphatic heterocycles. The Morgan fingerprint density at radius 3 is 2.44 bits per heavy atom. The Morgan fingerprint density at radius 2 is 1.81 bits per heavy atom. The van der Waals surface area contributed by atoms with Crippen molar-refractivity contribution in [1.29, 1.82) is 0 Å². The van der Waals surface area contributed by atoms with E-state index in [0.29, 0.717) is 5.56 Å². The van der Waals surface area contributed by atoms with Crippen molar-refractivity contribution in [2.75, 3.05) is 4.90 Å². The molecule has 0 spiro atoms. The van der Waals surface area contributed by atoms with Gasteiger partial charge in [0.1, 0.15) is 0 Å². The molecule has 1 aromatic carbocycles. The van der Waals surface area contributed by atoms with Gasteiger partial charge in [-0.15, -0.1) is 0 Å². The molecule has 0 saturated carbocycles. The summed E-state index contributed by atoms with van der Waals surface area (Å²) in [5.41, 5.74) is 1.62. The van der Waals surface area contributed by atoms with E-state index in [1.807, 2.05) is 19.1 Å². The second kappa shape index (κ2) is 6.53. The largest absolute Gasteiger partial charge is 0.503 e. The van der Waals surface area contributed by atoms with Crippen molar-refractivity contribution in [3.63, 3.8) is 0 Å². The summed E-state index contributed by atoms with van der Waals surface area (Å²) in [6.45, 7) is 1.93. The van der Waals surface area contributed by atoms with E-state index in [4.69, 9.17) is 4.42 Å². The summed E-state index contributed by atoms with van der Waals surface area (Å²) >= 11 is 0. The molecule has 3 heterocycles. The van der Waals surface area contributed by atoms with Gasteiger partial charge in [-0.25, -0.2) is 9.97 Å². The van der Waals surface area contributed by atoms with Gasteiger partial charge in [-0.05, 0) is 30.7 Å². The summed E-state index contributed by atoms with van der Waals surface area (Å²) in [5.74, 6) is -1.79. The molecule has 0 unspecified atom stereocenters. The first-order valence-corrected chi connectivity index (χ1v) is 8.26. The summed E-state index contributed by atoms with van der Waals surface area (Å²) < 4.78 is 5.18. The molecule has 1 amide bonds. The maximum Gasteiger partial charge on any atom is 0.296 e. The molecule has 1 N–H and O–H groups in total. The van der Waals surface area contributed by atoms with Gasteiger partial charge in [0.25, 0.3) is 5.91 Å². The minimum Gasteiger partial charge on any atom is -0.503 e. The number of ketones is 1. The second-order valence-corrected chi connectivity index (χ2v) is 6.11. The number of aromatic nitrogens is 2. The molecule has 4 rings (SSSR count). The Morgan fingerprint density at radius 1 is 1.11 bits per heavy atom. The predicted molar refractivity (Wildman–Crippen MR) is 96.1 cm³/mol. The highest BCUT2D eigenvalue weighted by Gasteiger charge is 2.46. The smallest absolute Gasteiger partial charge is 0.296 e. The Labute approximate surface area is 154 Å². The van der Waals surface area contributed by atoms with E-state index in [0.717, 1.165) is 5.56 Å². The molecule has 0 fully saturated rings. The number of hydrogen-bond acceptors (Lipinski definition) is 6.